The Hall–Kier alpha value is -1.39. The molecule has 80 valence electrons. The smallest absolute Gasteiger partial charge is 0.243 e. The van der Waals surface area contributed by atoms with Crippen LogP contribution in [0.1, 0.15) is 25.6 Å². The van der Waals surface area contributed by atoms with Crippen molar-refractivity contribution in [3.8, 4) is 0 Å². The van der Waals surface area contributed by atoms with Gasteiger partial charge in [0.25, 0.3) is 0 Å². The molecule has 0 unspecified atom stereocenters. The first kappa shape index (κ1) is 10.1. The topological polar surface area (TPSA) is 52.6 Å². The number of hydrogen-bond donors (Lipinski definition) is 2. The third-order valence-electron chi connectivity index (χ3n) is 2.76. The molecular formula is C11H14N2O2. The van der Waals surface area contributed by atoms with Gasteiger partial charge in [0.05, 0.1) is 0 Å². The predicted molar refractivity (Wildman–Crippen MR) is 55.0 cm³/mol. The Morgan fingerprint density at radius 2 is 1.93 bits per heavy atom. The summed E-state index contributed by atoms with van der Waals surface area (Å²) in [5.41, 5.74) is -0.000491. The van der Waals surface area contributed by atoms with Gasteiger partial charge in [-0.05, 0) is 19.4 Å². The van der Waals surface area contributed by atoms with Crippen LogP contribution in [-0.4, -0.2) is 21.7 Å². The standard InChI is InChI=1S/C11H14N2O2/c1-11(2)10(14)12-9(13(11)15)8-6-4-3-5-7-8/h3-7,9,15H,1-2H3,(H,12,14)/t9-/m0/s1. The first-order valence-corrected chi connectivity index (χ1v) is 4.87. The monoisotopic (exact) mass is 206 g/mol. The van der Waals surface area contributed by atoms with Gasteiger partial charge in [0, 0.05) is 0 Å². The minimum atomic E-state index is -0.874. The van der Waals surface area contributed by atoms with Crippen LogP contribution < -0.4 is 5.32 Å². The molecule has 1 aliphatic heterocycles. The van der Waals surface area contributed by atoms with Gasteiger partial charge < -0.3 is 10.5 Å². The average Bonchev–Trinajstić information content (AvgIpc) is 2.44. The van der Waals surface area contributed by atoms with Crippen LogP contribution in [0.15, 0.2) is 30.3 Å². The van der Waals surface area contributed by atoms with Gasteiger partial charge in [0.1, 0.15) is 11.7 Å². The lowest BCUT2D eigenvalue weighted by Crippen LogP contribution is -2.41. The van der Waals surface area contributed by atoms with Gasteiger partial charge in [0.15, 0.2) is 0 Å². The summed E-state index contributed by atoms with van der Waals surface area (Å²) < 4.78 is 0. The molecule has 15 heavy (non-hydrogen) atoms. The molecule has 0 bridgehead atoms. The number of nitrogens with one attached hydrogen (secondary N) is 1. The van der Waals surface area contributed by atoms with Crippen LogP contribution >= 0.6 is 0 Å². The van der Waals surface area contributed by atoms with Crippen molar-refractivity contribution in [1.82, 2.24) is 10.4 Å². The first-order valence-electron chi connectivity index (χ1n) is 4.87. The van der Waals surface area contributed by atoms with Crippen LogP contribution in [0.3, 0.4) is 0 Å². The molecule has 1 aromatic rings. The number of carbonyl (C=O) groups is 1. The molecule has 1 aliphatic rings. The van der Waals surface area contributed by atoms with Crippen molar-refractivity contribution in [2.75, 3.05) is 0 Å². The second kappa shape index (κ2) is 3.32. The zero-order valence-corrected chi connectivity index (χ0v) is 8.77. The maximum Gasteiger partial charge on any atom is 0.243 e. The molecule has 1 amide bonds. The molecule has 1 heterocycles. The Morgan fingerprint density at radius 1 is 1.33 bits per heavy atom. The zero-order chi connectivity index (χ0) is 11.1. The van der Waals surface area contributed by atoms with Crippen molar-refractivity contribution in [1.29, 1.82) is 0 Å². The number of hydrogen-bond acceptors (Lipinski definition) is 3. The molecule has 1 aromatic carbocycles. The number of benzene rings is 1. The van der Waals surface area contributed by atoms with Crippen LogP contribution in [0.2, 0.25) is 0 Å². The maximum absolute atomic E-state index is 11.6. The van der Waals surface area contributed by atoms with Crippen LogP contribution in [0.4, 0.5) is 0 Å². The van der Waals surface area contributed by atoms with Gasteiger partial charge in [0.2, 0.25) is 5.91 Å². The van der Waals surface area contributed by atoms with E-state index in [4.69, 9.17) is 0 Å². The van der Waals surface area contributed by atoms with Gasteiger partial charge in [-0.2, -0.15) is 5.06 Å². The van der Waals surface area contributed by atoms with E-state index in [0.29, 0.717) is 0 Å². The Kier molecular flexibility index (Phi) is 2.25. The van der Waals surface area contributed by atoms with Gasteiger partial charge in [-0.3, -0.25) is 4.79 Å². The lowest BCUT2D eigenvalue weighted by molar-refractivity contribution is -0.171. The van der Waals surface area contributed by atoms with Crippen molar-refractivity contribution in [3.05, 3.63) is 35.9 Å². The maximum atomic E-state index is 11.6. The molecule has 1 fully saturated rings. The van der Waals surface area contributed by atoms with E-state index in [9.17, 15) is 10.0 Å². The molecule has 1 atom stereocenters. The second-order valence-corrected chi connectivity index (χ2v) is 4.19. The molecule has 2 N–H and O–H groups in total. The van der Waals surface area contributed by atoms with E-state index in [-0.39, 0.29) is 5.91 Å². The number of rotatable bonds is 1. The normalized spacial score (nSPS) is 25.3. The Labute approximate surface area is 88.5 Å². The van der Waals surface area contributed by atoms with Crippen molar-refractivity contribution < 1.29 is 10.0 Å². The highest BCUT2D eigenvalue weighted by Gasteiger charge is 2.46. The lowest BCUT2D eigenvalue weighted by Gasteiger charge is -2.25. The van der Waals surface area contributed by atoms with Gasteiger partial charge in [-0.25, -0.2) is 0 Å². The summed E-state index contributed by atoms with van der Waals surface area (Å²) in [5.74, 6) is -0.168. The van der Waals surface area contributed by atoms with Crippen molar-refractivity contribution >= 4 is 5.91 Å². The van der Waals surface area contributed by atoms with Crippen LogP contribution in [-0.2, 0) is 4.79 Å². The number of nitrogens with zero attached hydrogens (tertiary/aromatic N) is 1. The van der Waals surface area contributed by atoms with Crippen molar-refractivity contribution in [2.24, 2.45) is 0 Å². The fraction of sp³-hybridized carbons (Fsp3) is 0.364. The average molecular weight is 206 g/mol. The summed E-state index contributed by atoms with van der Waals surface area (Å²) in [5, 5.41) is 13.7. The SMILES string of the molecule is CC1(C)C(=O)N[C@H](c2ccccc2)N1O. The van der Waals surface area contributed by atoms with E-state index < -0.39 is 11.7 Å². The summed E-state index contributed by atoms with van der Waals surface area (Å²) >= 11 is 0. The fourth-order valence-corrected chi connectivity index (χ4v) is 1.65. The molecular weight excluding hydrogens is 192 g/mol. The molecule has 2 rings (SSSR count). The Bertz CT molecular complexity index is 375. The highest BCUT2D eigenvalue weighted by Crippen LogP contribution is 2.30. The molecule has 1 saturated heterocycles. The molecule has 0 saturated carbocycles. The summed E-state index contributed by atoms with van der Waals surface area (Å²) in [4.78, 5) is 11.6. The molecule has 0 spiro atoms. The van der Waals surface area contributed by atoms with Crippen molar-refractivity contribution in [3.63, 3.8) is 0 Å². The third-order valence-corrected chi connectivity index (χ3v) is 2.76. The highest BCUT2D eigenvalue weighted by molar-refractivity contribution is 5.87. The van der Waals surface area contributed by atoms with E-state index in [0.717, 1.165) is 10.6 Å². The quantitative estimate of drug-likeness (QED) is 0.728. The van der Waals surface area contributed by atoms with Gasteiger partial charge >= 0.3 is 0 Å². The van der Waals surface area contributed by atoms with Crippen LogP contribution in [0, 0.1) is 0 Å². The first-order chi connectivity index (χ1) is 7.03. The van der Waals surface area contributed by atoms with E-state index in [1.54, 1.807) is 13.8 Å². The highest BCUT2D eigenvalue weighted by atomic mass is 16.5. The molecule has 4 heteroatoms. The van der Waals surface area contributed by atoms with E-state index in [1.165, 1.54) is 0 Å². The van der Waals surface area contributed by atoms with Crippen LogP contribution in [0.5, 0.6) is 0 Å². The number of amides is 1. The summed E-state index contributed by atoms with van der Waals surface area (Å²) in [6.45, 7) is 3.37. The van der Waals surface area contributed by atoms with Crippen molar-refractivity contribution in [2.45, 2.75) is 25.6 Å². The van der Waals surface area contributed by atoms with E-state index in [1.807, 2.05) is 30.3 Å². The summed E-state index contributed by atoms with van der Waals surface area (Å²) in [6, 6.07) is 9.39. The van der Waals surface area contributed by atoms with E-state index in [2.05, 4.69) is 5.32 Å². The predicted octanol–water partition coefficient (Wildman–Crippen LogP) is 1.28. The molecule has 0 aromatic heterocycles. The van der Waals surface area contributed by atoms with Gasteiger partial charge in [-0.1, -0.05) is 30.3 Å². The Morgan fingerprint density at radius 3 is 2.40 bits per heavy atom. The minimum absolute atomic E-state index is 0.168. The summed E-state index contributed by atoms with van der Waals surface area (Å²) in [7, 11) is 0. The Balaban J connectivity index is 2.32. The second-order valence-electron chi connectivity index (χ2n) is 4.19. The number of carbonyl (C=O) groups excluding carboxylic acids is 1. The van der Waals surface area contributed by atoms with E-state index >= 15 is 0 Å². The molecule has 0 aliphatic carbocycles. The lowest BCUT2D eigenvalue weighted by atomic mass is 10.1. The third kappa shape index (κ3) is 1.52. The zero-order valence-electron chi connectivity index (χ0n) is 8.77. The summed E-state index contributed by atoms with van der Waals surface area (Å²) in [6.07, 6.45) is -0.450. The van der Waals surface area contributed by atoms with Gasteiger partial charge in [-0.15, -0.1) is 0 Å². The molecule has 4 nitrogen and oxygen atoms in total. The molecule has 0 radical (unpaired) electrons. The number of hydroxylamine groups is 2. The largest absolute Gasteiger partial charge is 0.333 e. The fourth-order valence-electron chi connectivity index (χ4n) is 1.65. The van der Waals surface area contributed by atoms with Crippen LogP contribution in [0.25, 0.3) is 0 Å². The minimum Gasteiger partial charge on any atom is -0.333 e.